The average molecular weight is 331 g/mol. The van der Waals surface area contributed by atoms with E-state index in [1.807, 2.05) is 0 Å². The second kappa shape index (κ2) is 5.82. The second-order valence-electron chi connectivity index (χ2n) is 3.81. The van der Waals surface area contributed by atoms with Gasteiger partial charge < -0.3 is 5.32 Å². The highest BCUT2D eigenvalue weighted by molar-refractivity contribution is 7.94. The van der Waals surface area contributed by atoms with Gasteiger partial charge in [0.15, 0.2) is 0 Å². The first-order chi connectivity index (χ1) is 9.44. The van der Waals surface area contributed by atoms with Crippen LogP contribution in [0.15, 0.2) is 39.9 Å². The van der Waals surface area contributed by atoms with Gasteiger partial charge >= 0.3 is 0 Å². The second-order valence-corrected chi connectivity index (χ2v) is 7.08. The van der Waals surface area contributed by atoms with Crippen LogP contribution in [0.3, 0.4) is 0 Å². The zero-order valence-electron chi connectivity index (χ0n) is 10.4. The van der Waals surface area contributed by atoms with Crippen LogP contribution >= 0.6 is 22.9 Å². The van der Waals surface area contributed by atoms with E-state index in [2.05, 4.69) is 10.0 Å². The summed E-state index contributed by atoms with van der Waals surface area (Å²) in [6.07, 6.45) is 0. The van der Waals surface area contributed by atoms with Gasteiger partial charge in [-0.3, -0.25) is 9.52 Å². The van der Waals surface area contributed by atoms with Crippen LogP contribution in [0, 0.1) is 0 Å². The summed E-state index contributed by atoms with van der Waals surface area (Å²) >= 11 is 7.02. The van der Waals surface area contributed by atoms with Crippen LogP contribution in [-0.4, -0.2) is 21.4 Å². The van der Waals surface area contributed by atoms with Gasteiger partial charge in [-0.15, -0.1) is 11.3 Å². The fourth-order valence-electron chi connectivity index (χ4n) is 1.52. The van der Waals surface area contributed by atoms with E-state index in [1.165, 1.54) is 31.3 Å². The third-order valence-corrected chi connectivity index (χ3v) is 5.56. The standard InChI is InChI=1S/C12H11ClN2O3S2/c1-14-12(16)9-7-8(4-5-10(9)13)15-20(17,18)11-3-2-6-19-11/h2-7,15H,1H3,(H,14,16). The van der Waals surface area contributed by atoms with Crippen LogP contribution in [0.5, 0.6) is 0 Å². The Morgan fingerprint density at radius 1 is 1.30 bits per heavy atom. The molecule has 20 heavy (non-hydrogen) atoms. The zero-order chi connectivity index (χ0) is 14.8. The number of rotatable bonds is 4. The summed E-state index contributed by atoms with van der Waals surface area (Å²) in [5.74, 6) is -0.382. The number of halogens is 1. The molecule has 0 saturated carbocycles. The van der Waals surface area contributed by atoms with Crippen molar-refractivity contribution in [3.8, 4) is 0 Å². The van der Waals surface area contributed by atoms with Gasteiger partial charge in [0.2, 0.25) is 0 Å². The largest absolute Gasteiger partial charge is 0.355 e. The average Bonchev–Trinajstić information content (AvgIpc) is 2.94. The number of thiophene rings is 1. The van der Waals surface area contributed by atoms with Gasteiger partial charge in [-0.1, -0.05) is 17.7 Å². The number of hydrogen-bond donors (Lipinski definition) is 2. The Morgan fingerprint density at radius 3 is 2.65 bits per heavy atom. The smallest absolute Gasteiger partial charge is 0.271 e. The van der Waals surface area contributed by atoms with Crippen molar-refractivity contribution in [2.45, 2.75) is 4.21 Å². The summed E-state index contributed by atoms with van der Waals surface area (Å²) in [5, 5.41) is 4.37. The summed E-state index contributed by atoms with van der Waals surface area (Å²) in [7, 11) is -2.16. The van der Waals surface area contributed by atoms with Gasteiger partial charge in [-0.05, 0) is 29.6 Å². The highest BCUT2D eigenvalue weighted by Crippen LogP contribution is 2.24. The van der Waals surface area contributed by atoms with Crippen molar-refractivity contribution in [3.05, 3.63) is 46.3 Å². The first kappa shape index (κ1) is 14.8. The molecule has 106 valence electrons. The molecule has 1 aromatic heterocycles. The van der Waals surface area contributed by atoms with Crippen LogP contribution < -0.4 is 10.0 Å². The van der Waals surface area contributed by atoms with Crippen molar-refractivity contribution in [3.63, 3.8) is 0 Å². The Kier molecular flexibility index (Phi) is 4.32. The summed E-state index contributed by atoms with van der Waals surface area (Å²) in [4.78, 5) is 11.6. The molecule has 0 spiro atoms. The number of amides is 1. The van der Waals surface area contributed by atoms with Crippen LogP contribution in [0.25, 0.3) is 0 Å². The molecule has 0 bridgehead atoms. The van der Waals surface area contributed by atoms with E-state index in [9.17, 15) is 13.2 Å². The summed E-state index contributed by atoms with van der Waals surface area (Å²) in [6, 6.07) is 7.52. The van der Waals surface area contributed by atoms with E-state index in [0.29, 0.717) is 0 Å². The third-order valence-electron chi connectivity index (χ3n) is 2.45. The number of anilines is 1. The number of nitrogens with one attached hydrogen (secondary N) is 2. The van der Waals surface area contributed by atoms with Gasteiger partial charge in [0.05, 0.1) is 10.6 Å². The highest BCUT2D eigenvalue weighted by Gasteiger charge is 2.17. The normalized spacial score (nSPS) is 11.1. The van der Waals surface area contributed by atoms with E-state index in [4.69, 9.17) is 11.6 Å². The molecule has 0 unspecified atom stereocenters. The van der Waals surface area contributed by atoms with Crippen LogP contribution in [0.1, 0.15) is 10.4 Å². The number of carbonyl (C=O) groups excluding carboxylic acids is 1. The minimum atomic E-state index is -3.64. The molecule has 0 atom stereocenters. The van der Waals surface area contributed by atoms with Crippen LogP contribution in [-0.2, 0) is 10.0 Å². The summed E-state index contributed by atoms with van der Waals surface area (Å²) < 4.78 is 26.7. The molecule has 2 N–H and O–H groups in total. The van der Waals surface area contributed by atoms with E-state index < -0.39 is 10.0 Å². The molecule has 0 radical (unpaired) electrons. The van der Waals surface area contributed by atoms with E-state index in [1.54, 1.807) is 11.4 Å². The van der Waals surface area contributed by atoms with E-state index in [0.717, 1.165) is 11.3 Å². The SMILES string of the molecule is CNC(=O)c1cc(NS(=O)(=O)c2cccs2)ccc1Cl. The van der Waals surface area contributed by atoms with Gasteiger partial charge in [-0.25, -0.2) is 8.42 Å². The number of benzene rings is 1. The van der Waals surface area contributed by atoms with Crippen molar-refractivity contribution in [1.29, 1.82) is 0 Å². The predicted molar refractivity (Wildman–Crippen MR) is 80.0 cm³/mol. The van der Waals surface area contributed by atoms with Gasteiger partial charge in [0.25, 0.3) is 15.9 Å². The molecular formula is C12H11ClN2O3S2. The number of carbonyl (C=O) groups is 1. The number of hydrogen-bond acceptors (Lipinski definition) is 4. The van der Waals surface area contributed by atoms with Gasteiger partial charge in [-0.2, -0.15) is 0 Å². The third kappa shape index (κ3) is 3.12. The fraction of sp³-hybridized carbons (Fsp3) is 0.0833. The predicted octanol–water partition coefficient (Wildman–Crippen LogP) is 2.56. The topological polar surface area (TPSA) is 75.3 Å². The first-order valence-corrected chi connectivity index (χ1v) is 8.26. The van der Waals surface area contributed by atoms with E-state index in [-0.39, 0.29) is 26.4 Å². The minimum Gasteiger partial charge on any atom is -0.355 e. The summed E-state index contributed by atoms with van der Waals surface area (Å²) in [5.41, 5.74) is 0.488. The quantitative estimate of drug-likeness (QED) is 0.904. The molecule has 8 heteroatoms. The molecule has 2 rings (SSSR count). The van der Waals surface area contributed by atoms with E-state index >= 15 is 0 Å². The molecule has 0 saturated heterocycles. The van der Waals surface area contributed by atoms with Crippen molar-refractivity contribution in [2.24, 2.45) is 0 Å². The molecular weight excluding hydrogens is 320 g/mol. The minimum absolute atomic E-state index is 0.203. The molecule has 5 nitrogen and oxygen atoms in total. The summed E-state index contributed by atoms with van der Waals surface area (Å²) in [6.45, 7) is 0. The van der Waals surface area contributed by atoms with Gasteiger partial charge in [0.1, 0.15) is 4.21 Å². The van der Waals surface area contributed by atoms with Gasteiger partial charge in [0, 0.05) is 12.7 Å². The van der Waals surface area contributed by atoms with Crippen molar-refractivity contribution in [1.82, 2.24) is 5.32 Å². The first-order valence-electron chi connectivity index (χ1n) is 5.52. The highest BCUT2D eigenvalue weighted by atomic mass is 35.5. The lowest BCUT2D eigenvalue weighted by Crippen LogP contribution is -2.19. The maximum atomic E-state index is 12.1. The van der Waals surface area contributed by atoms with Crippen molar-refractivity contribution in [2.75, 3.05) is 11.8 Å². The Labute approximate surface area is 125 Å². The van der Waals surface area contributed by atoms with Crippen LogP contribution in [0.4, 0.5) is 5.69 Å². The molecule has 2 aromatic rings. The maximum Gasteiger partial charge on any atom is 0.271 e. The zero-order valence-corrected chi connectivity index (χ0v) is 12.8. The lowest BCUT2D eigenvalue weighted by molar-refractivity contribution is 0.0963. The Morgan fingerprint density at radius 2 is 2.05 bits per heavy atom. The number of sulfonamides is 1. The molecule has 0 aliphatic carbocycles. The molecule has 0 aliphatic rings. The molecule has 0 fully saturated rings. The lowest BCUT2D eigenvalue weighted by Gasteiger charge is -2.09. The van der Waals surface area contributed by atoms with Crippen molar-refractivity contribution < 1.29 is 13.2 Å². The molecule has 1 aromatic carbocycles. The lowest BCUT2D eigenvalue weighted by atomic mass is 10.2. The molecule has 1 heterocycles. The molecule has 1 amide bonds. The monoisotopic (exact) mass is 330 g/mol. The fourth-order valence-corrected chi connectivity index (χ4v) is 3.77. The Hall–Kier alpha value is -1.57. The van der Waals surface area contributed by atoms with Crippen molar-refractivity contribution >= 4 is 44.6 Å². The Bertz CT molecular complexity index is 727. The Balaban J connectivity index is 2.33. The molecule has 0 aliphatic heterocycles. The maximum absolute atomic E-state index is 12.1. The van der Waals surface area contributed by atoms with Crippen LogP contribution in [0.2, 0.25) is 5.02 Å².